The molecule has 0 aromatic carbocycles. The molecular weight excluding hydrogens is 252 g/mol. The minimum atomic E-state index is 0.499. The minimum Gasteiger partial charge on any atom is -0.249 e. The van der Waals surface area contributed by atoms with E-state index in [9.17, 15) is 0 Å². The Hall–Kier alpha value is -0.710. The topological polar surface area (TPSA) is 61.7 Å². The Morgan fingerprint density at radius 3 is 3.08 bits per heavy atom. The van der Waals surface area contributed by atoms with E-state index in [1.807, 2.05) is 12.1 Å². The Kier molecular flexibility index (Phi) is 4.67. The van der Waals surface area contributed by atoms with Crippen LogP contribution in [0, 0.1) is 0 Å². The van der Waals surface area contributed by atoms with Crippen LogP contribution in [0.15, 0.2) is 32.9 Å². The van der Waals surface area contributed by atoms with Gasteiger partial charge in [-0.25, -0.2) is 4.98 Å². The van der Waals surface area contributed by atoms with E-state index in [4.69, 9.17) is 5.53 Å². The van der Waals surface area contributed by atoms with E-state index in [1.165, 1.54) is 0 Å². The van der Waals surface area contributed by atoms with Gasteiger partial charge in [-0.05, 0) is 33.6 Å². The molecule has 0 saturated carbocycles. The maximum atomic E-state index is 8.03. The van der Waals surface area contributed by atoms with Gasteiger partial charge in [0.25, 0.3) is 0 Å². The van der Waals surface area contributed by atoms with Crippen LogP contribution in [0.5, 0.6) is 0 Å². The second kappa shape index (κ2) is 5.85. The molecule has 13 heavy (non-hydrogen) atoms. The summed E-state index contributed by atoms with van der Waals surface area (Å²) in [5.74, 6) is 0.763. The molecule has 6 heteroatoms. The molecule has 1 aromatic heterocycles. The summed E-state index contributed by atoms with van der Waals surface area (Å²) in [6.07, 6.45) is 1.75. The number of halogens is 1. The minimum absolute atomic E-state index is 0.499. The van der Waals surface area contributed by atoms with Crippen molar-refractivity contribution >= 4 is 27.7 Å². The Morgan fingerprint density at radius 1 is 1.62 bits per heavy atom. The van der Waals surface area contributed by atoms with Gasteiger partial charge < -0.3 is 0 Å². The number of pyridine rings is 1. The van der Waals surface area contributed by atoms with Crippen LogP contribution in [0.2, 0.25) is 0 Å². The third kappa shape index (κ3) is 4.17. The zero-order valence-electron chi connectivity index (χ0n) is 6.72. The van der Waals surface area contributed by atoms with Gasteiger partial charge in [-0.3, -0.25) is 0 Å². The molecule has 0 atom stereocenters. The average Bonchev–Trinajstić information content (AvgIpc) is 2.15. The van der Waals surface area contributed by atoms with Crippen LogP contribution < -0.4 is 0 Å². The van der Waals surface area contributed by atoms with Crippen LogP contribution in [0.25, 0.3) is 10.4 Å². The fourth-order valence-corrected chi connectivity index (χ4v) is 1.59. The van der Waals surface area contributed by atoms with Gasteiger partial charge in [0, 0.05) is 27.9 Å². The van der Waals surface area contributed by atoms with Crippen molar-refractivity contribution in [2.24, 2.45) is 5.11 Å². The first-order valence-electron chi connectivity index (χ1n) is 3.58. The highest BCUT2D eigenvalue weighted by Crippen LogP contribution is 2.16. The number of azide groups is 1. The lowest BCUT2D eigenvalue weighted by Gasteiger charge is -1.97. The predicted molar refractivity (Wildman–Crippen MR) is 56.7 cm³/mol. The molecule has 0 saturated heterocycles. The van der Waals surface area contributed by atoms with Crippen molar-refractivity contribution in [2.45, 2.75) is 5.03 Å². The van der Waals surface area contributed by atoms with Crippen molar-refractivity contribution in [3.63, 3.8) is 0 Å². The molecule has 1 aromatic rings. The molecule has 0 radical (unpaired) electrons. The van der Waals surface area contributed by atoms with Gasteiger partial charge in [-0.2, -0.15) is 0 Å². The van der Waals surface area contributed by atoms with Crippen molar-refractivity contribution in [1.29, 1.82) is 0 Å². The summed E-state index contributed by atoms with van der Waals surface area (Å²) >= 11 is 4.87. The van der Waals surface area contributed by atoms with Crippen molar-refractivity contribution in [2.75, 3.05) is 12.3 Å². The molecule has 0 aliphatic carbocycles. The fraction of sp³-hybridized carbons (Fsp3) is 0.286. The molecule has 1 rings (SSSR count). The number of hydrogen-bond acceptors (Lipinski definition) is 3. The number of aromatic nitrogens is 1. The van der Waals surface area contributed by atoms with Crippen LogP contribution >= 0.6 is 27.7 Å². The largest absolute Gasteiger partial charge is 0.249 e. The molecule has 4 nitrogen and oxygen atoms in total. The summed E-state index contributed by atoms with van der Waals surface area (Å²) in [7, 11) is 0. The second-order valence-electron chi connectivity index (χ2n) is 2.12. The smallest absolute Gasteiger partial charge is 0.0960 e. The number of rotatable bonds is 4. The molecule has 0 bridgehead atoms. The van der Waals surface area contributed by atoms with E-state index in [2.05, 4.69) is 30.9 Å². The lowest BCUT2D eigenvalue weighted by molar-refractivity contribution is 1.09. The third-order valence-corrected chi connectivity index (χ3v) is 2.60. The first kappa shape index (κ1) is 10.4. The monoisotopic (exact) mass is 258 g/mol. The van der Waals surface area contributed by atoms with Crippen LogP contribution in [0.3, 0.4) is 0 Å². The maximum absolute atomic E-state index is 8.03. The molecule has 0 spiro atoms. The molecular formula is C7H7BrN4S. The third-order valence-electron chi connectivity index (χ3n) is 1.20. The molecule has 68 valence electrons. The van der Waals surface area contributed by atoms with Crippen molar-refractivity contribution in [3.8, 4) is 0 Å². The Bertz CT molecular complexity index is 307. The zero-order valence-corrected chi connectivity index (χ0v) is 9.12. The van der Waals surface area contributed by atoms with Gasteiger partial charge in [0.15, 0.2) is 0 Å². The van der Waals surface area contributed by atoms with Crippen molar-refractivity contribution in [1.82, 2.24) is 4.98 Å². The van der Waals surface area contributed by atoms with Crippen molar-refractivity contribution < 1.29 is 0 Å². The lowest BCUT2D eigenvalue weighted by Crippen LogP contribution is -1.85. The first-order valence-corrected chi connectivity index (χ1v) is 5.36. The van der Waals surface area contributed by atoms with E-state index < -0.39 is 0 Å². The van der Waals surface area contributed by atoms with E-state index in [0.29, 0.717) is 6.54 Å². The highest BCUT2D eigenvalue weighted by atomic mass is 79.9. The highest BCUT2D eigenvalue weighted by molar-refractivity contribution is 9.10. The van der Waals surface area contributed by atoms with Gasteiger partial charge in [0.05, 0.1) is 5.03 Å². The molecule has 0 N–H and O–H groups in total. The molecule has 0 unspecified atom stereocenters. The average molecular weight is 259 g/mol. The second-order valence-corrected chi connectivity index (χ2v) is 4.15. The van der Waals surface area contributed by atoms with E-state index >= 15 is 0 Å². The molecule has 0 fully saturated rings. The summed E-state index contributed by atoms with van der Waals surface area (Å²) in [5, 5.41) is 4.37. The standard InChI is InChI=1S/C7H7BrN4S/c8-6-1-2-7(10-5-6)13-4-3-11-12-9/h1-2,5H,3-4H2. The Labute approximate surface area is 88.5 Å². The van der Waals surface area contributed by atoms with Gasteiger partial charge >= 0.3 is 0 Å². The summed E-state index contributed by atoms with van der Waals surface area (Å²) in [4.78, 5) is 6.82. The number of nitrogens with zero attached hydrogens (tertiary/aromatic N) is 4. The normalized spacial score (nSPS) is 9.31. The summed E-state index contributed by atoms with van der Waals surface area (Å²) in [6.45, 7) is 0.499. The molecule has 0 amide bonds. The Balaban J connectivity index is 2.37. The number of hydrogen-bond donors (Lipinski definition) is 0. The SMILES string of the molecule is [N-]=[N+]=NCCSc1ccc(Br)cn1. The summed E-state index contributed by atoms with van der Waals surface area (Å²) in [6, 6.07) is 3.85. The van der Waals surface area contributed by atoms with E-state index in [0.717, 1.165) is 15.3 Å². The van der Waals surface area contributed by atoms with Crippen LogP contribution in [-0.2, 0) is 0 Å². The Morgan fingerprint density at radius 2 is 2.46 bits per heavy atom. The maximum Gasteiger partial charge on any atom is 0.0960 e. The van der Waals surface area contributed by atoms with E-state index in [1.54, 1.807) is 18.0 Å². The van der Waals surface area contributed by atoms with Crippen LogP contribution in [0.1, 0.15) is 0 Å². The highest BCUT2D eigenvalue weighted by Gasteiger charge is 1.93. The number of thioether (sulfide) groups is 1. The van der Waals surface area contributed by atoms with Gasteiger partial charge in [-0.1, -0.05) is 5.11 Å². The summed E-state index contributed by atoms with van der Waals surface area (Å²) < 4.78 is 0.965. The van der Waals surface area contributed by atoms with E-state index in [-0.39, 0.29) is 0 Å². The fourth-order valence-electron chi connectivity index (χ4n) is 0.683. The van der Waals surface area contributed by atoms with Crippen LogP contribution in [0.4, 0.5) is 0 Å². The first-order chi connectivity index (χ1) is 6.33. The lowest BCUT2D eigenvalue weighted by atomic mass is 10.5. The van der Waals surface area contributed by atoms with Crippen molar-refractivity contribution in [3.05, 3.63) is 33.2 Å². The molecule has 0 aliphatic heterocycles. The molecule has 1 heterocycles. The summed E-state index contributed by atoms with van der Waals surface area (Å²) in [5.41, 5.74) is 8.03. The zero-order chi connectivity index (χ0) is 9.52. The van der Waals surface area contributed by atoms with Gasteiger partial charge in [-0.15, -0.1) is 11.8 Å². The quantitative estimate of drug-likeness (QED) is 0.274. The molecule has 0 aliphatic rings. The van der Waals surface area contributed by atoms with Gasteiger partial charge in [0.1, 0.15) is 0 Å². The predicted octanol–water partition coefficient (Wildman–Crippen LogP) is 3.25. The van der Waals surface area contributed by atoms with Gasteiger partial charge in [0.2, 0.25) is 0 Å². The van der Waals surface area contributed by atoms with Crippen LogP contribution in [-0.4, -0.2) is 17.3 Å².